The molecule has 0 aliphatic carbocycles. The molecule has 1 amide bonds. The van der Waals surface area contributed by atoms with E-state index in [1.807, 2.05) is 6.92 Å². The Kier molecular flexibility index (Phi) is 6.32. The molecule has 1 heterocycles. The largest absolute Gasteiger partial charge is 0.379 e. The van der Waals surface area contributed by atoms with Crippen molar-refractivity contribution in [2.24, 2.45) is 0 Å². The predicted molar refractivity (Wildman–Crippen MR) is 86.9 cm³/mol. The van der Waals surface area contributed by atoms with Crippen LogP contribution >= 0.6 is 11.6 Å². The SMILES string of the molecule is CC(CCN1CCOCC1)NC(=O)c1ccc([N+](=O)[O-])c(Cl)c1. The van der Waals surface area contributed by atoms with E-state index < -0.39 is 4.92 Å². The van der Waals surface area contributed by atoms with Crippen LogP contribution in [0.25, 0.3) is 0 Å². The molecular weight excluding hydrogens is 322 g/mol. The first kappa shape index (κ1) is 17.7. The van der Waals surface area contributed by atoms with Gasteiger partial charge in [-0.2, -0.15) is 0 Å². The van der Waals surface area contributed by atoms with Crippen LogP contribution in [0.4, 0.5) is 5.69 Å². The Bertz CT molecular complexity index is 576. The number of carbonyl (C=O) groups excluding carboxylic acids is 1. The summed E-state index contributed by atoms with van der Waals surface area (Å²) >= 11 is 5.83. The third kappa shape index (κ3) is 5.16. The van der Waals surface area contributed by atoms with Crippen molar-refractivity contribution in [3.8, 4) is 0 Å². The van der Waals surface area contributed by atoms with Gasteiger partial charge in [0, 0.05) is 37.3 Å². The van der Waals surface area contributed by atoms with Crippen LogP contribution in [0.5, 0.6) is 0 Å². The Morgan fingerprint density at radius 1 is 1.48 bits per heavy atom. The van der Waals surface area contributed by atoms with Crippen molar-refractivity contribution in [2.45, 2.75) is 19.4 Å². The molecular formula is C15H20ClN3O4. The number of benzene rings is 1. The van der Waals surface area contributed by atoms with E-state index in [9.17, 15) is 14.9 Å². The lowest BCUT2D eigenvalue weighted by molar-refractivity contribution is -0.384. The lowest BCUT2D eigenvalue weighted by Crippen LogP contribution is -2.40. The van der Waals surface area contributed by atoms with E-state index in [4.69, 9.17) is 16.3 Å². The van der Waals surface area contributed by atoms with Gasteiger partial charge in [-0.25, -0.2) is 0 Å². The van der Waals surface area contributed by atoms with Gasteiger partial charge in [-0.1, -0.05) is 11.6 Å². The maximum absolute atomic E-state index is 12.2. The molecule has 2 rings (SSSR count). The van der Waals surface area contributed by atoms with Crippen molar-refractivity contribution in [3.63, 3.8) is 0 Å². The summed E-state index contributed by atoms with van der Waals surface area (Å²) in [4.78, 5) is 24.6. The number of morpholine rings is 1. The van der Waals surface area contributed by atoms with Crippen molar-refractivity contribution in [1.29, 1.82) is 0 Å². The minimum Gasteiger partial charge on any atom is -0.379 e. The normalized spacial score (nSPS) is 16.8. The van der Waals surface area contributed by atoms with Gasteiger partial charge in [0.25, 0.3) is 11.6 Å². The Balaban J connectivity index is 1.85. The van der Waals surface area contributed by atoms with Crippen molar-refractivity contribution in [1.82, 2.24) is 10.2 Å². The molecule has 1 fully saturated rings. The van der Waals surface area contributed by atoms with E-state index in [1.165, 1.54) is 18.2 Å². The Morgan fingerprint density at radius 2 is 2.17 bits per heavy atom. The molecule has 0 saturated carbocycles. The van der Waals surface area contributed by atoms with Crippen molar-refractivity contribution >= 4 is 23.2 Å². The predicted octanol–water partition coefficient (Wildman–Crippen LogP) is 2.09. The quantitative estimate of drug-likeness (QED) is 0.632. The highest BCUT2D eigenvalue weighted by molar-refractivity contribution is 6.33. The van der Waals surface area contributed by atoms with Gasteiger partial charge in [-0.3, -0.25) is 19.8 Å². The molecule has 1 unspecified atom stereocenters. The molecule has 8 heteroatoms. The summed E-state index contributed by atoms with van der Waals surface area (Å²) in [5.74, 6) is -0.281. The highest BCUT2D eigenvalue weighted by Gasteiger charge is 2.17. The number of nitrogens with zero attached hydrogens (tertiary/aromatic N) is 2. The van der Waals surface area contributed by atoms with Crippen molar-refractivity contribution in [3.05, 3.63) is 38.9 Å². The molecule has 1 atom stereocenters. The fourth-order valence-electron chi connectivity index (χ4n) is 2.38. The summed E-state index contributed by atoms with van der Waals surface area (Å²) in [6.45, 7) is 6.17. The van der Waals surface area contributed by atoms with Crippen LogP contribution < -0.4 is 5.32 Å². The molecule has 0 aromatic heterocycles. The molecule has 0 radical (unpaired) electrons. The number of rotatable bonds is 6. The molecule has 1 N–H and O–H groups in total. The van der Waals surface area contributed by atoms with Gasteiger partial charge in [0.1, 0.15) is 5.02 Å². The zero-order valence-electron chi connectivity index (χ0n) is 13.0. The minimum absolute atomic E-state index is 0.000637. The lowest BCUT2D eigenvalue weighted by atomic mass is 10.1. The van der Waals surface area contributed by atoms with E-state index in [0.717, 1.165) is 39.3 Å². The van der Waals surface area contributed by atoms with Crippen LogP contribution in [-0.4, -0.2) is 54.6 Å². The third-order valence-corrected chi connectivity index (χ3v) is 4.07. The average molecular weight is 342 g/mol. The number of hydrogen-bond acceptors (Lipinski definition) is 5. The molecule has 126 valence electrons. The topological polar surface area (TPSA) is 84.7 Å². The maximum atomic E-state index is 12.2. The lowest BCUT2D eigenvalue weighted by Gasteiger charge is -2.27. The standard InChI is InChI=1S/C15H20ClN3O4/c1-11(4-5-18-6-8-23-9-7-18)17-15(20)12-2-3-14(19(21)22)13(16)10-12/h2-3,10-11H,4-9H2,1H3,(H,17,20). The summed E-state index contributed by atoms with van der Waals surface area (Å²) < 4.78 is 5.29. The Labute approximate surface area is 139 Å². The van der Waals surface area contributed by atoms with Gasteiger partial charge in [0.15, 0.2) is 0 Å². The summed E-state index contributed by atoms with van der Waals surface area (Å²) in [5.41, 5.74) is 0.113. The maximum Gasteiger partial charge on any atom is 0.287 e. The van der Waals surface area contributed by atoms with Gasteiger partial charge in [-0.15, -0.1) is 0 Å². The monoisotopic (exact) mass is 341 g/mol. The van der Waals surface area contributed by atoms with E-state index >= 15 is 0 Å². The van der Waals surface area contributed by atoms with Gasteiger partial charge < -0.3 is 10.1 Å². The van der Waals surface area contributed by atoms with E-state index in [-0.39, 0.29) is 22.7 Å². The van der Waals surface area contributed by atoms with E-state index in [2.05, 4.69) is 10.2 Å². The molecule has 1 aliphatic rings. The fourth-order valence-corrected chi connectivity index (χ4v) is 2.63. The number of ether oxygens (including phenoxy) is 1. The van der Waals surface area contributed by atoms with Crippen LogP contribution in [0.15, 0.2) is 18.2 Å². The smallest absolute Gasteiger partial charge is 0.287 e. The average Bonchev–Trinajstić information content (AvgIpc) is 2.53. The number of amides is 1. The van der Waals surface area contributed by atoms with Gasteiger partial charge in [0.05, 0.1) is 18.1 Å². The van der Waals surface area contributed by atoms with Crippen LogP contribution in [0, 0.1) is 10.1 Å². The number of carbonyl (C=O) groups is 1. The van der Waals surface area contributed by atoms with Crippen LogP contribution in [0.3, 0.4) is 0 Å². The number of nitrogens with one attached hydrogen (secondary N) is 1. The number of halogens is 1. The van der Waals surface area contributed by atoms with Crippen LogP contribution in [0.2, 0.25) is 5.02 Å². The summed E-state index contributed by atoms with van der Waals surface area (Å²) in [7, 11) is 0. The first-order chi connectivity index (χ1) is 11.0. The highest BCUT2D eigenvalue weighted by atomic mass is 35.5. The molecule has 7 nitrogen and oxygen atoms in total. The summed E-state index contributed by atoms with van der Waals surface area (Å²) in [6.07, 6.45) is 0.826. The molecule has 1 saturated heterocycles. The molecule has 23 heavy (non-hydrogen) atoms. The number of hydrogen-bond donors (Lipinski definition) is 1. The van der Waals surface area contributed by atoms with E-state index in [1.54, 1.807) is 0 Å². The first-order valence-electron chi connectivity index (χ1n) is 7.52. The summed E-state index contributed by atoms with van der Waals surface area (Å²) in [6, 6.07) is 3.98. The molecule has 0 bridgehead atoms. The fraction of sp³-hybridized carbons (Fsp3) is 0.533. The Morgan fingerprint density at radius 3 is 2.78 bits per heavy atom. The van der Waals surface area contributed by atoms with E-state index in [0.29, 0.717) is 5.56 Å². The minimum atomic E-state index is -0.574. The van der Waals surface area contributed by atoms with Crippen molar-refractivity contribution in [2.75, 3.05) is 32.8 Å². The Hall–Kier alpha value is -1.70. The first-order valence-corrected chi connectivity index (χ1v) is 7.90. The van der Waals surface area contributed by atoms with Crippen LogP contribution in [0.1, 0.15) is 23.7 Å². The van der Waals surface area contributed by atoms with Gasteiger partial charge >= 0.3 is 0 Å². The van der Waals surface area contributed by atoms with Gasteiger partial charge in [-0.05, 0) is 25.5 Å². The third-order valence-electron chi connectivity index (χ3n) is 3.77. The zero-order chi connectivity index (χ0) is 16.8. The second-order valence-electron chi connectivity index (χ2n) is 5.54. The second-order valence-corrected chi connectivity index (χ2v) is 5.95. The highest BCUT2D eigenvalue weighted by Crippen LogP contribution is 2.24. The molecule has 1 aromatic carbocycles. The molecule has 1 aromatic rings. The summed E-state index contributed by atoms with van der Waals surface area (Å²) in [5, 5.41) is 13.6. The molecule has 1 aliphatic heterocycles. The van der Waals surface area contributed by atoms with Crippen molar-refractivity contribution < 1.29 is 14.5 Å². The number of nitro benzene ring substituents is 1. The number of nitro groups is 1. The van der Waals surface area contributed by atoms with Gasteiger partial charge in [0.2, 0.25) is 0 Å². The zero-order valence-corrected chi connectivity index (χ0v) is 13.7. The van der Waals surface area contributed by atoms with Crippen LogP contribution in [-0.2, 0) is 4.74 Å². The molecule has 0 spiro atoms. The second kappa shape index (κ2) is 8.24.